The second-order valence-electron chi connectivity index (χ2n) is 19.5. The molecule has 0 bridgehead atoms. The van der Waals surface area contributed by atoms with Gasteiger partial charge >= 0.3 is 0 Å². The normalized spacial score (nSPS) is 20.2. The molecule has 0 unspecified atom stereocenters. The fraction of sp³-hybridized carbons (Fsp3) is 0.370. The summed E-state index contributed by atoms with van der Waals surface area (Å²) in [6.45, 7) is 14.0. The van der Waals surface area contributed by atoms with Gasteiger partial charge in [0.1, 0.15) is 40.8 Å². The van der Waals surface area contributed by atoms with Gasteiger partial charge in [-0.3, -0.25) is 28.6 Å². The number of carbonyl (C=O) groups is 3. The Labute approximate surface area is 431 Å². The monoisotopic (exact) mass is 1020 g/mol. The van der Waals surface area contributed by atoms with Gasteiger partial charge in [-0.1, -0.05) is 74.0 Å². The lowest BCUT2D eigenvalue weighted by Crippen LogP contribution is -2.49. The quantitative estimate of drug-likeness (QED) is 0.0957. The molecule has 2 fully saturated rings. The van der Waals surface area contributed by atoms with Crippen LogP contribution in [0.5, 0.6) is 5.75 Å². The zero-order valence-electron chi connectivity index (χ0n) is 41.2. The van der Waals surface area contributed by atoms with Crippen molar-refractivity contribution in [2.75, 3.05) is 6.54 Å². The summed E-state index contributed by atoms with van der Waals surface area (Å²) >= 11 is 9.55. The van der Waals surface area contributed by atoms with Crippen molar-refractivity contribution in [2.24, 2.45) is 10.9 Å². The zero-order valence-corrected chi connectivity index (χ0v) is 43.6. The number of aryl methyl sites for hydroxylation is 3. The van der Waals surface area contributed by atoms with E-state index in [9.17, 15) is 19.5 Å². The molecule has 1 saturated heterocycles. The molecule has 0 radical (unpaired) electrons. The maximum atomic E-state index is 14.4. The Bertz CT molecular complexity index is 3190. The number of hydrogen-bond acceptors (Lipinski definition) is 12. The first-order valence-electron chi connectivity index (χ1n) is 24.4. The Balaban J connectivity index is 0.762. The summed E-state index contributed by atoms with van der Waals surface area (Å²) in [6.07, 6.45) is 4.18. The molecule has 3 amide bonds. The van der Waals surface area contributed by atoms with Crippen LogP contribution in [0.25, 0.3) is 26.6 Å². The molecule has 1 saturated carbocycles. The van der Waals surface area contributed by atoms with Crippen LogP contribution in [0, 0.1) is 33.6 Å². The van der Waals surface area contributed by atoms with Crippen molar-refractivity contribution < 1.29 is 24.2 Å². The maximum Gasteiger partial charge on any atom is 0.248 e. The molecular weight excluding hydrogens is 968 g/mol. The average Bonchev–Trinajstić information content (AvgIpc) is 4.19. The number of thiophene rings is 1. The predicted molar refractivity (Wildman–Crippen MR) is 280 cm³/mol. The maximum absolute atomic E-state index is 14.4. The summed E-state index contributed by atoms with van der Waals surface area (Å²) in [5, 5.41) is 32.4. The highest BCUT2D eigenvalue weighted by atomic mass is 35.5. The number of rotatable bonds is 14. The van der Waals surface area contributed by atoms with E-state index in [2.05, 4.69) is 44.8 Å². The van der Waals surface area contributed by atoms with Gasteiger partial charge in [0.2, 0.25) is 17.7 Å². The number of carbonyl (C=O) groups excluding carboxylic acids is 3. The summed E-state index contributed by atoms with van der Waals surface area (Å²) in [4.78, 5) is 55.4. The zero-order chi connectivity index (χ0) is 50.5. The van der Waals surface area contributed by atoms with Crippen molar-refractivity contribution in [3.8, 4) is 32.3 Å². The summed E-state index contributed by atoms with van der Waals surface area (Å²) in [5.74, 6) is 1.16. The van der Waals surface area contributed by atoms with Crippen LogP contribution in [0.2, 0.25) is 5.02 Å². The van der Waals surface area contributed by atoms with E-state index in [0.29, 0.717) is 29.4 Å². The van der Waals surface area contributed by atoms with Crippen LogP contribution >= 0.6 is 34.3 Å². The first-order chi connectivity index (χ1) is 34.6. The SMILES string of the molecule is Cc1ncsc1-c1ccc([C@H](C)NC(=O)[C@@H]2C[C@@H](O)CN2C(=O)[C@@H](C(C)C)n2cc(-c3cccc(O[C@H]4C[C@H](NC(=O)C[C@@H]5N=C(c6ccc(Cl)cc6)c6c(sc(C)c6C)-n6c(C)nnc65)C4)c3)cn2)cc1. The molecule has 7 aromatic rings. The number of benzene rings is 3. The number of nitrogens with one attached hydrogen (secondary N) is 2. The van der Waals surface area contributed by atoms with Crippen LogP contribution in [0.4, 0.5) is 0 Å². The number of fused-ring (bicyclic) bond motifs is 3. The van der Waals surface area contributed by atoms with Crippen molar-refractivity contribution in [1.29, 1.82) is 0 Å². The molecule has 6 heterocycles. The number of aromatic nitrogens is 6. The number of ether oxygens (including phenoxy) is 1. The number of halogens is 1. The molecule has 0 spiro atoms. The minimum atomic E-state index is -0.834. The third-order valence-corrected chi connectivity index (χ3v) is 16.5. The lowest BCUT2D eigenvalue weighted by molar-refractivity contribution is -0.142. The Kier molecular flexibility index (Phi) is 13.7. The molecule has 72 heavy (non-hydrogen) atoms. The highest BCUT2D eigenvalue weighted by molar-refractivity contribution is 7.15. The number of likely N-dealkylation sites (tertiary alicyclic amines) is 1. The van der Waals surface area contributed by atoms with Gasteiger partial charge in [-0.05, 0) is 87.1 Å². The van der Waals surface area contributed by atoms with Gasteiger partial charge in [0.05, 0.1) is 46.6 Å². The molecule has 4 aromatic heterocycles. The number of β-amino-alcohol motifs (C(OH)–C–C–N with tert-alkyl or cyclic N) is 1. The summed E-state index contributed by atoms with van der Waals surface area (Å²) in [5.41, 5.74) is 10.3. The van der Waals surface area contributed by atoms with Crippen molar-refractivity contribution in [3.05, 3.63) is 140 Å². The number of nitrogens with zero attached hydrogens (tertiary/aromatic N) is 8. The second-order valence-corrected chi connectivity index (χ2v) is 22.0. The molecule has 2 aliphatic heterocycles. The molecule has 3 aliphatic rings. The smallest absolute Gasteiger partial charge is 0.248 e. The van der Waals surface area contributed by atoms with E-state index in [1.54, 1.807) is 33.6 Å². The first kappa shape index (κ1) is 49.1. The molecule has 5 atom stereocenters. The van der Waals surface area contributed by atoms with E-state index < -0.39 is 24.2 Å². The summed E-state index contributed by atoms with van der Waals surface area (Å²) in [7, 11) is 0. The van der Waals surface area contributed by atoms with Gasteiger partial charge in [-0.25, -0.2) is 4.98 Å². The molecule has 10 rings (SSSR count). The lowest BCUT2D eigenvalue weighted by atomic mass is 9.89. The molecular formula is C54H57ClN10O5S2. The minimum Gasteiger partial charge on any atom is -0.490 e. The highest BCUT2D eigenvalue weighted by Crippen LogP contribution is 2.40. The standard InChI is InChI=1S/C54H57ClN10O5S2/c1-28(2)49(53(69)63-26-41(66)22-45(63)52(68)58-30(4)34-11-13-36(14-12-34)50-31(5)56-27-71-50)64-25-38(24-57-64)37-9-8-10-42(19-37)70-43-20-40(21-43)59-46(67)23-44-51-62-61-33(7)65(51)54-47(29(3)32(6)72-54)48(60-44)35-15-17-39(55)18-16-35/h8-19,24-25,27-28,30,40-41,43-45,49,66H,20-23,26H2,1-7H3,(H,58,68)(H,59,67)/t30-,40-,41+,43-,44-,45-,49+/m0/s1. The molecule has 15 nitrogen and oxygen atoms in total. The molecule has 372 valence electrons. The van der Waals surface area contributed by atoms with E-state index >= 15 is 0 Å². The van der Waals surface area contributed by atoms with Crippen molar-refractivity contribution in [1.82, 2.24) is 45.1 Å². The second kappa shape index (κ2) is 20.2. The van der Waals surface area contributed by atoms with E-state index in [1.165, 1.54) is 9.78 Å². The third-order valence-electron chi connectivity index (χ3n) is 14.1. The topological polar surface area (TPSA) is 182 Å². The van der Waals surface area contributed by atoms with Crippen LogP contribution in [-0.2, 0) is 14.4 Å². The number of amides is 3. The van der Waals surface area contributed by atoms with Crippen molar-refractivity contribution in [2.45, 2.75) is 117 Å². The first-order valence-corrected chi connectivity index (χ1v) is 26.4. The van der Waals surface area contributed by atoms with Gasteiger partial charge in [-0.2, -0.15) is 5.10 Å². The molecule has 18 heteroatoms. The number of aliphatic hydroxyl groups is 1. The van der Waals surface area contributed by atoms with Crippen molar-refractivity contribution >= 4 is 57.7 Å². The van der Waals surface area contributed by atoms with E-state index in [-0.39, 0.29) is 61.2 Å². The van der Waals surface area contributed by atoms with Crippen molar-refractivity contribution in [3.63, 3.8) is 0 Å². The van der Waals surface area contributed by atoms with E-state index in [0.717, 1.165) is 66.1 Å². The van der Waals surface area contributed by atoms with Gasteiger partial charge in [0.15, 0.2) is 5.82 Å². The fourth-order valence-electron chi connectivity index (χ4n) is 10.0. The summed E-state index contributed by atoms with van der Waals surface area (Å²) < 4.78 is 10.1. The van der Waals surface area contributed by atoms with Crippen LogP contribution in [0.3, 0.4) is 0 Å². The number of aliphatic imine (C=N–C) groups is 1. The average molecular weight is 1030 g/mol. The number of aliphatic hydroxyl groups excluding tert-OH is 1. The molecule has 3 N–H and O–H groups in total. The molecule has 1 aliphatic carbocycles. The Morgan fingerprint density at radius 3 is 2.39 bits per heavy atom. The van der Waals surface area contributed by atoms with Crippen LogP contribution < -0.4 is 15.4 Å². The summed E-state index contributed by atoms with van der Waals surface area (Å²) in [6, 6.07) is 20.9. The van der Waals surface area contributed by atoms with Crippen LogP contribution in [-0.4, -0.2) is 93.8 Å². The number of hydrogen-bond donors (Lipinski definition) is 3. The number of thiazole rings is 1. The minimum absolute atomic E-state index is 0.0529. The molecule has 3 aromatic carbocycles. The van der Waals surface area contributed by atoms with Crippen LogP contribution in [0.1, 0.15) is 109 Å². The van der Waals surface area contributed by atoms with Gasteiger partial charge in [-0.15, -0.1) is 32.9 Å². The fourth-order valence-corrected chi connectivity index (χ4v) is 12.2. The van der Waals surface area contributed by atoms with Gasteiger partial charge in [0.25, 0.3) is 0 Å². The van der Waals surface area contributed by atoms with E-state index in [1.807, 2.05) is 124 Å². The van der Waals surface area contributed by atoms with E-state index in [4.69, 9.17) is 21.3 Å². The largest absolute Gasteiger partial charge is 0.490 e. The van der Waals surface area contributed by atoms with Crippen LogP contribution in [0.15, 0.2) is 95.7 Å². The third kappa shape index (κ3) is 9.74. The van der Waals surface area contributed by atoms with Gasteiger partial charge in [0, 0.05) is 64.6 Å². The highest BCUT2D eigenvalue weighted by Gasteiger charge is 2.43. The Morgan fingerprint density at radius 1 is 0.917 bits per heavy atom. The Morgan fingerprint density at radius 2 is 1.67 bits per heavy atom. The lowest BCUT2D eigenvalue weighted by Gasteiger charge is -2.36. The Hall–Kier alpha value is -6.53. The predicted octanol–water partition coefficient (Wildman–Crippen LogP) is 9.25. The van der Waals surface area contributed by atoms with Gasteiger partial charge < -0.3 is 25.4 Å².